The fraction of sp³-hybridized carbons (Fsp3) is 0.231. The monoisotopic (exact) mass is 245 g/mol. The summed E-state index contributed by atoms with van der Waals surface area (Å²) >= 11 is 0. The van der Waals surface area contributed by atoms with E-state index >= 15 is 0 Å². The molecule has 0 aliphatic heterocycles. The molecule has 1 heterocycles. The largest absolute Gasteiger partial charge is 0.494 e. The molecule has 2 N–H and O–H groups in total. The summed E-state index contributed by atoms with van der Waals surface area (Å²) in [6.45, 7) is 2.97. The van der Waals surface area contributed by atoms with Gasteiger partial charge in [0.25, 0.3) is 5.91 Å². The number of amides is 1. The van der Waals surface area contributed by atoms with Gasteiger partial charge in [-0.15, -0.1) is 0 Å². The molecule has 0 aliphatic carbocycles. The molecule has 1 aromatic heterocycles. The van der Waals surface area contributed by atoms with Crippen molar-refractivity contribution in [1.29, 1.82) is 0 Å². The van der Waals surface area contributed by atoms with E-state index in [-0.39, 0.29) is 5.91 Å². The van der Waals surface area contributed by atoms with Gasteiger partial charge in [-0.25, -0.2) is 4.98 Å². The standard InChI is InChI=1S/C13H15N3O2/c1-2-18-12-5-3-10(4-6-12)13(17)15-8-11-7-14-9-16-11/h3-7,9H,2,8H2,1H3,(H,14,16)(H,15,17). The van der Waals surface area contributed by atoms with E-state index in [4.69, 9.17) is 4.74 Å². The fourth-order valence-corrected chi connectivity index (χ4v) is 1.53. The van der Waals surface area contributed by atoms with Crippen molar-refractivity contribution in [2.24, 2.45) is 0 Å². The molecule has 94 valence electrons. The van der Waals surface area contributed by atoms with Gasteiger partial charge in [-0.05, 0) is 31.2 Å². The van der Waals surface area contributed by atoms with E-state index in [1.165, 1.54) is 0 Å². The lowest BCUT2D eigenvalue weighted by atomic mass is 10.2. The average molecular weight is 245 g/mol. The maximum Gasteiger partial charge on any atom is 0.251 e. The average Bonchev–Trinajstić information content (AvgIpc) is 2.90. The number of benzene rings is 1. The van der Waals surface area contributed by atoms with Gasteiger partial charge >= 0.3 is 0 Å². The van der Waals surface area contributed by atoms with Crippen LogP contribution >= 0.6 is 0 Å². The molecule has 0 aliphatic rings. The fourth-order valence-electron chi connectivity index (χ4n) is 1.53. The molecule has 2 aromatic rings. The zero-order chi connectivity index (χ0) is 12.8. The normalized spacial score (nSPS) is 10.1. The molecule has 0 saturated carbocycles. The summed E-state index contributed by atoms with van der Waals surface area (Å²) in [4.78, 5) is 18.6. The van der Waals surface area contributed by atoms with Gasteiger partial charge in [0.1, 0.15) is 5.75 Å². The second-order valence-corrected chi connectivity index (χ2v) is 3.72. The first kappa shape index (κ1) is 12.2. The van der Waals surface area contributed by atoms with Crippen LogP contribution < -0.4 is 10.1 Å². The number of rotatable bonds is 5. The lowest BCUT2D eigenvalue weighted by molar-refractivity contribution is 0.0950. The third-order valence-corrected chi connectivity index (χ3v) is 2.42. The third-order valence-electron chi connectivity index (χ3n) is 2.42. The Morgan fingerprint density at radius 2 is 2.17 bits per heavy atom. The molecule has 0 radical (unpaired) electrons. The highest BCUT2D eigenvalue weighted by Crippen LogP contribution is 2.11. The number of hydrogen-bond acceptors (Lipinski definition) is 3. The summed E-state index contributed by atoms with van der Waals surface area (Å²) in [6.07, 6.45) is 3.26. The number of aromatic nitrogens is 2. The van der Waals surface area contributed by atoms with Crippen LogP contribution in [0.2, 0.25) is 0 Å². The van der Waals surface area contributed by atoms with Gasteiger partial charge in [-0.2, -0.15) is 0 Å². The first-order valence-corrected chi connectivity index (χ1v) is 5.78. The van der Waals surface area contributed by atoms with E-state index in [9.17, 15) is 4.79 Å². The Morgan fingerprint density at radius 3 is 2.78 bits per heavy atom. The lowest BCUT2D eigenvalue weighted by Gasteiger charge is -2.05. The van der Waals surface area contributed by atoms with Crippen LogP contribution in [0.4, 0.5) is 0 Å². The van der Waals surface area contributed by atoms with E-state index in [2.05, 4.69) is 15.3 Å². The van der Waals surface area contributed by atoms with Gasteiger partial charge in [-0.3, -0.25) is 4.79 Å². The SMILES string of the molecule is CCOc1ccc(C(=O)NCc2cnc[nH]2)cc1. The van der Waals surface area contributed by atoms with Crippen LogP contribution in [0, 0.1) is 0 Å². The molecular weight excluding hydrogens is 230 g/mol. The smallest absolute Gasteiger partial charge is 0.251 e. The lowest BCUT2D eigenvalue weighted by Crippen LogP contribution is -2.22. The number of carbonyl (C=O) groups excluding carboxylic acids is 1. The molecule has 1 aromatic carbocycles. The topological polar surface area (TPSA) is 67.0 Å². The number of carbonyl (C=O) groups is 1. The zero-order valence-corrected chi connectivity index (χ0v) is 10.1. The van der Waals surface area contributed by atoms with Crippen molar-refractivity contribution in [3.63, 3.8) is 0 Å². The van der Waals surface area contributed by atoms with Gasteiger partial charge < -0.3 is 15.0 Å². The van der Waals surface area contributed by atoms with Crippen LogP contribution in [0.1, 0.15) is 23.0 Å². The molecule has 0 spiro atoms. The minimum atomic E-state index is -0.118. The summed E-state index contributed by atoms with van der Waals surface area (Å²) < 4.78 is 5.31. The number of aromatic amines is 1. The van der Waals surface area contributed by atoms with Crippen LogP contribution in [0.25, 0.3) is 0 Å². The molecule has 0 bridgehead atoms. The minimum Gasteiger partial charge on any atom is -0.494 e. The molecule has 5 nitrogen and oxygen atoms in total. The quantitative estimate of drug-likeness (QED) is 0.843. The molecular formula is C13H15N3O2. The molecule has 2 rings (SSSR count). The van der Waals surface area contributed by atoms with Crippen molar-refractivity contribution in [2.75, 3.05) is 6.61 Å². The predicted molar refractivity (Wildman–Crippen MR) is 67.4 cm³/mol. The van der Waals surface area contributed by atoms with E-state index in [0.29, 0.717) is 18.7 Å². The molecule has 5 heteroatoms. The highest BCUT2D eigenvalue weighted by Gasteiger charge is 2.05. The van der Waals surface area contributed by atoms with Crippen LogP contribution in [0.5, 0.6) is 5.75 Å². The van der Waals surface area contributed by atoms with Crippen LogP contribution in [-0.2, 0) is 6.54 Å². The Balaban J connectivity index is 1.92. The molecule has 1 amide bonds. The Kier molecular flexibility index (Phi) is 3.96. The Morgan fingerprint density at radius 1 is 1.39 bits per heavy atom. The summed E-state index contributed by atoms with van der Waals surface area (Å²) in [5.74, 6) is 0.648. The first-order chi connectivity index (χ1) is 8.79. The van der Waals surface area contributed by atoms with Crippen molar-refractivity contribution in [3.8, 4) is 5.75 Å². The zero-order valence-electron chi connectivity index (χ0n) is 10.1. The summed E-state index contributed by atoms with van der Waals surface area (Å²) in [7, 11) is 0. The maximum atomic E-state index is 11.8. The number of ether oxygens (including phenoxy) is 1. The van der Waals surface area contributed by atoms with Crippen LogP contribution in [0.3, 0.4) is 0 Å². The van der Waals surface area contributed by atoms with Crippen LogP contribution in [-0.4, -0.2) is 22.5 Å². The van der Waals surface area contributed by atoms with E-state index in [1.54, 1.807) is 36.8 Å². The molecule has 0 atom stereocenters. The minimum absolute atomic E-state index is 0.118. The third kappa shape index (κ3) is 3.10. The highest BCUT2D eigenvalue weighted by atomic mass is 16.5. The van der Waals surface area contributed by atoms with E-state index in [1.807, 2.05) is 6.92 Å². The Labute approximate surface area is 105 Å². The van der Waals surface area contributed by atoms with Crippen molar-refractivity contribution < 1.29 is 9.53 Å². The maximum absolute atomic E-state index is 11.8. The van der Waals surface area contributed by atoms with Gasteiger partial charge in [0.2, 0.25) is 0 Å². The van der Waals surface area contributed by atoms with Gasteiger partial charge in [0, 0.05) is 11.8 Å². The van der Waals surface area contributed by atoms with Crippen molar-refractivity contribution in [3.05, 3.63) is 48.0 Å². The van der Waals surface area contributed by atoms with Crippen molar-refractivity contribution in [2.45, 2.75) is 13.5 Å². The highest BCUT2D eigenvalue weighted by molar-refractivity contribution is 5.94. The van der Waals surface area contributed by atoms with E-state index in [0.717, 1.165) is 11.4 Å². The number of imidazole rings is 1. The summed E-state index contributed by atoms with van der Waals surface area (Å²) in [5, 5.41) is 2.80. The second-order valence-electron chi connectivity index (χ2n) is 3.72. The molecule has 0 saturated heterocycles. The number of nitrogens with zero attached hydrogens (tertiary/aromatic N) is 1. The molecule has 0 fully saturated rings. The van der Waals surface area contributed by atoms with E-state index < -0.39 is 0 Å². The number of nitrogens with one attached hydrogen (secondary N) is 2. The van der Waals surface area contributed by atoms with Gasteiger partial charge in [0.15, 0.2) is 0 Å². The van der Waals surface area contributed by atoms with Gasteiger partial charge in [-0.1, -0.05) is 0 Å². The predicted octanol–water partition coefficient (Wildman–Crippen LogP) is 1.74. The number of H-pyrrole nitrogens is 1. The Bertz CT molecular complexity index is 491. The molecule has 18 heavy (non-hydrogen) atoms. The van der Waals surface area contributed by atoms with Gasteiger partial charge in [0.05, 0.1) is 25.2 Å². The first-order valence-electron chi connectivity index (χ1n) is 5.78. The molecule has 0 unspecified atom stereocenters. The van der Waals surface area contributed by atoms with Crippen LogP contribution in [0.15, 0.2) is 36.8 Å². The second kappa shape index (κ2) is 5.86. The number of hydrogen-bond donors (Lipinski definition) is 2. The summed E-state index contributed by atoms with van der Waals surface area (Å²) in [5.41, 5.74) is 1.48. The van der Waals surface area contributed by atoms with Crippen molar-refractivity contribution >= 4 is 5.91 Å². The van der Waals surface area contributed by atoms with Crippen molar-refractivity contribution in [1.82, 2.24) is 15.3 Å². The Hall–Kier alpha value is -2.30. The summed E-state index contributed by atoms with van der Waals surface area (Å²) in [6, 6.07) is 7.06.